The van der Waals surface area contributed by atoms with Gasteiger partial charge in [0.25, 0.3) is 0 Å². The van der Waals surface area contributed by atoms with E-state index in [2.05, 4.69) is 11.4 Å². The van der Waals surface area contributed by atoms with Crippen LogP contribution in [0.25, 0.3) is 5.65 Å². The third kappa shape index (κ3) is 4.11. The highest BCUT2D eigenvalue weighted by molar-refractivity contribution is 5.90. The number of para-hydroxylation sites is 1. The van der Waals surface area contributed by atoms with Crippen LogP contribution >= 0.6 is 0 Å². The summed E-state index contributed by atoms with van der Waals surface area (Å²) in [4.78, 5) is 31.6. The number of benzene rings is 1. The Morgan fingerprint density at radius 1 is 1.12 bits per heavy atom. The number of nitrogens with one attached hydrogen (secondary N) is 1. The van der Waals surface area contributed by atoms with Gasteiger partial charge in [0.2, 0.25) is 11.8 Å². The van der Waals surface area contributed by atoms with E-state index in [0.717, 1.165) is 66.3 Å². The van der Waals surface area contributed by atoms with Crippen LogP contribution in [-0.2, 0) is 16.0 Å². The van der Waals surface area contributed by atoms with E-state index in [1.54, 1.807) is 0 Å². The molecule has 166 valence electrons. The second-order valence-corrected chi connectivity index (χ2v) is 9.06. The molecule has 1 saturated heterocycles. The highest BCUT2D eigenvalue weighted by Gasteiger charge is 2.37. The van der Waals surface area contributed by atoms with Gasteiger partial charge in [-0.25, -0.2) is 9.50 Å². The lowest BCUT2D eigenvalue weighted by molar-refractivity contribution is -0.131. The Bertz CT molecular complexity index is 1170. The van der Waals surface area contributed by atoms with Gasteiger partial charge in [0.15, 0.2) is 5.65 Å². The summed E-state index contributed by atoms with van der Waals surface area (Å²) in [6.45, 7) is 5.61. The van der Waals surface area contributed by atoms with E-state index in [-0.39, 0.29) is 17.7 Å². The third-order valence-electron chi connectivity index (χ3n) is 6.69. The summed E-state index contributed by atoms with van der Waals surface area (Å²) in [5.41, 5.74) is 5.67. The van der Waals surface area contributed by atoms with Crippen LogP contribution in [0.1, 0.15) is 54.2 Å². The average molecular weight is 432 g/mol. The number of aromatic nitrogens is 3. The summed E-state index contributed by atoms with van der Waals surface area (Å²) in [6, 6.07) is 11.6. The quantitative estimate of drug-likeness (QED) is 0.646. The molecule has 1 aliphatic carbocycles. The van der Waals surface area contributed by atoms with Crippen LogP contribution in [0.3, 0.4) is 0 Å². The fraction of sp³-hybridized carbons (Fsp3) is 0.440. The molecular weight excluding hydrogens is 402 g/mol. The zero-order valence-electron chi connectivity index (χ0n) is 18.7. The van der Waals surface area contributed by atoms with Gasteiger partial charge in [-0.05, 0) is 57.2 Å². The molecule has 3 aromatic rings. The molecule has 2 amide bonds. The van der Waals surface area contributed by atoms with Gasteiger partial charge >= 0.3 is 0 Å². The minimum Gasteiger partial charge on any atom is -0.342 e. The molecule has 2 fully saturated rings. The Hall–Kier alpha value is -3.22. The molecule has 1 N–H and O–H groups in total. The van der Waals surface area contributed by atoms with Crippen LogP contribution in [0.2, 0.25) is 0 Å². The van der Waals surface area contributed by atoms with Crippen LogP contribution in [0.15, 0.2) is 36.4 Å². The van der Waals surface area contributed by atoms with Gasteiger partial charge < -0.3 is 10.2 Å². The van der Waals surface area contributed by atoms with Crippen LogP contribution in [-0.4, -0.2) is 44.4 Å². The van der Waals surface area contributed by atoms with Crippen molar-refractivity contribution in [2.45, 2.75) is 51.9 Å². The molecule has 1 atom stereocenters. The molecule has 1 aromatic carbocycles. The Balaban J connectivity index is 1.29. The van der Waals surface area contributed by atoms with Gasteiger partial charge in [-0.15, -0.1) is 0 Å². The first kappa shape index (κ1) is 20.7. The normalized spacial score (nSPS) is 18.3. The number of hydrogen-bond acceptors (Lipinski definition) is 4. The number of anilines is 1. The number of nitrogens with zero attached hydrogens (tertiary/aromatic N) is 4. The van der Waals surface area contributed by atoms with Gasteiger partial charge in [0.1, 0.15) is 0 Å². The minimum absolute atomic E-state index is 0.0115. The van der Waals surface area contributed by atoms with Crippen molar-refractivity contribution >= 4 is 23.1 Å². The van der Waals surface area contributed by atoms with Crippen molar-refractivity contribution in [1.82, 2.24) is 19.5 Å². The van der Waals surface area contributed by atoms with Gasteiger partial charge in [-0.1, -0.05) is 18.2 Å². The number of amides is 2. The van der Waals surface area contributed by atoms with Crippen molar-refractivity contribution in [2.75, 3.05) is 18.4 Å². The highest BCUT2D eigenvalue weighted by Crippen LogP contribution is 2.35. The van der Waals surface area contributed by atoms with Crippen LogP contribution in [0.4, 0.5) is 5.69 Å². The lowest BCUT2D eigenvalue weighted by Gasteiger charge is -2.15. The number of aryl methyl sites for hydroxylation is 2. The summed E-state index contributed by atoms with van der Waals surface area (Å²) in [5.74, 6) is 0.836. The molecular formula is C25H29N5O2. The molecule has 0 unspecified atom stereocenters. The molecule has 1 saturated carbocycles. The first-order valence-electron chi connectivity index (χ1n) is 11.5. The molecule has 7 heteroatoms. The second kappa shape index (κ2) is 8.37. The number of carbonyl (C=O) groups is 2. The third-order valence-corrected chi connectivity index (χ3v) is 6.69. The monoisotopic (exact) mass is 431 g/mol. The highest BCUT2D eigenvalue weighted by atomic mass is 16.2. The maximum Gasteiger partial charge on any atom is 0.225 e. The SMILES string of the molecule is Cc1nc2cc([C@@H]3CCN(C(=O)C4CC4)C3)nn2c(C)c1CCC(=O)Nc1ccccc1. The summed E-state index contributed by atoms with van der Waals surface area (Å²) in [6.07, 6.45) is 4.04. The van der Waals surface area contributed by atoms with Crippen molar-refractivity contribution in [1.29, 1.82) is 0 Å². The minimum atomic E-state index is -0.0115. The topological polar surface area (TPSA) is 79.6 Å². The Labute approximate surface area is 187 Å². The van der Waals surface area contributed by atoms with Crippen LogP contribution in [0, 0.1) is 19.8 Å². The van der Waals surface area contributed by atoms with Gasteiger partial charge in [-0.2, -0.15) is 5.10 Å². The van der Waals surface area contributed by atoms with E-state index < -0.39 is 0 Å². The fourth-order valence-corrected chi connectivity index (χ4v) is 4.68. The molecule has 32 heavy (non-hydrogen) atoms. The first-order chi connectivity index (χ1) is 15.5. The van der Waals surface area contributed by atoms with Crippen molar-refractivity contribution in [3.05, 3.63) is 59.0 Å². The van der Waals surface area contributed by atoms with Crippen LogP contribution in [0.5, 0.6) is 0 Å². The lowest BCUT2D eigenvalue weighted by atomic mass is 10.1. The Kier molecular flexibility index (Phi) is 5.41. The lowest BCUT2D eigenvalue weighted by Crippen LogP contribution is -2.29. The van der Waals surface area contributed by atoms with Crippen molar-refractivity contribution < 1.29 is 9.59 Å². The van der Waals surface area contributed by atoms with Crippen LogP contribution < -0.4 is 5.32 Å². The molecule has 0 bridgehead atoms. The maximum atomic E-state index is 12.4. The zero-order chi connectivity index (χ0) is 22.2. The van der Waals surface area contributed by atoms with Gasteiger partial charge in [-0.3, -0.25) is 9.59 Å². The van der Waals surface area contributed by atoms with E-state index in [1.165, 1.54) is 0 Å². The molecule has 2 aromatic heterocycles. The second-order valence-electron chi connectivity index (χ2n) is 9.06. The molecule has 0 spiro atoms. The number of fused-ring (bicyclic) bond motifs is 1. The number of likely N-dealkylation sites (tertiary alicyclic amines) is 1. The van der Waals surface area contributed by atoms with Gasteiger partial charge in [0, 0.05) is 54.5 Å². The number of rotatable bonds is 6. The predicted molar refractivity (Wildman–Crippen MR) is 123 cm³/mol. The summed E-state index contributed by atoms with van der Waals surface area (Å²) in [5, 5.41) is 7.80. The van der Waals surface area contributed by atoms with E-state index in [1.807, 2.05) is 53.6 Å². The van der Waals surface area contributed by atoms with E-state index >= 15 is 0 Å². The summed E-state index contributed by atoms with van der Waals surface area (Å²) in [7, 11) is 0. The van der Waals surface area contributed by atoms with Crippen molar-refractivity contribution in [3.63, 3.8) is 0 Å². The predicted octanol–water partition coefficient (Wildman–Crippen LogP) is 3.64. The number of carbonyl (C=O) groups excluding carboxylic acids is 2. The standard InChI is InChI=1S/C25H29N5O2/c1-16-21(10-11-24(31)27-20-6-4-3-5-7-20)17(2)30-23(26-16)14-22(28-30)19-12-13-29(15-19)25(32)18-8-9-18/h3-7,14,18-19H,8-13,15H2,1-2H3,(H,27,31)/t19-/m1/s1. The Morgan fingerprint density at radius 2 is 1.91 bits per heavy atom. The number of hydrogen-bond donors (Lipinski definition) is 1. The molecule has 7 nitrogen and oxygen atoms in total. The molecule has 3 heterocycles. The van der Waals surface area contributed by atoms with E-state index in [0.29, 0.717) is 18.7 Å². The molecule has 0 radical (unpaired) electrons. The molecule has 2 aliphatic rings. The molecule has 1 aliphatic heterocycles. The molecule has 5 rings (SSSR count). The summed E-state index contributed by atoms with van der Waals surface area (Å²) >= 11 is 0. The fourth-order valence-electron chi connectivity index (χ4n) is 4.68. The largest absolute Gasteiger partial charge is 0.342 e. The van der Waals surface area contributed by atoms with E-state index in [4.69, 9.17) is 10.1 Å². The zero-order valence-corrected chi connectivity index (χ0v) is 18.7. The van der Waals surface area contributed by atoms with Gasteiger partial charge in [0.05, 0.1) is 5.69 Å². The first-order valence-corrected chi connectivity index (χ1v) is 11.5. The van der Waals surface area contributed by atoms with Crippen molar-refractivity contribution in [2.24, 2.45) is 5.92 Å². The summed E-state index contributed by atoms with van der Waals surface area (Å²) < 4.78 is 1.90. The van der Waals surface area contributed by atoms with E-state index in [9.17, 15) is 9.59 Å². The van der Waals surface area contributed by atoms with Crippen molar-refractivity contribution in [3.8, 4) is 0 Å². The smallest absolute Gasteiger partial charge is 0.225 e. The average Bonchev–Trinajstić information content (AvgIpc) is 3.35. The Morgan fingerprint density at radius 3 is 2.66 bits per heavy atom. The maximum absolute atomic E-state index is 12.4.